The highest BCUT2D eigenvalue weighted by molar-refractivity contribution is 6.04. The number of nitrogens with zero attached hydrogens (tertiary/aromatic N) is 2. The number of aromatic nitrogens is 2. The molecule has 0 bridgehead atoms. The van der Waals surface area contributed by atoms with Crippen LogP contribution in [0.4, 0.5) is 5.69 Å². The molecule has 1 N–H and O–H groups in total. The topological polar surface area (TPSA) is 65.3 Å². The Balaban J connectivity index is 1.95. The van der Waals surface area contributed by atoms with Crippen LogP contribution in [0.3, 0.4) is 0 Å². The third kappa shape index (κ3) is 3.06. The van der Waals surface area contributed by atoms with Crippen molar-refractivity contribution in [3.8, 4) is 11.4 Å². The minimum absolute atomic E-state index is 0.270. The maximum absolute atomic E-state index is 12.8. The summed E-state index contributed by atoms with van der Waals surface area (Å²) < 4.78 is 8.34. The molecule has 0 saturated heterocycles. The highest BCUT2D eigenvalue weighted by Gasteiger charge is 2.18. The van der Waals surface area contributed by atoms with Crippen LogP contribution in [0.5, 0.6) is 5.75 Å². The van der Waals surface area contributed by atoms with Gasteiger partial charge in [0.05, 0.1) is 18.5 Å². The number of carbonyl (C=O) groups excluding carboxylic acids is 1. The van der Waals surface area contributed by atoms with Crippen LogP contribution >= 0.6 is 0 Å². The van der Waals surface area contributed by atoms with Crippen LogP contribution in [0, 0.1) is 6.92 Å². The summed E-state index contributed by atoms with van der Waals surface area (Å²) in [5, 5.41) is 2.73. The van der Waals surface area contributed by atoms with Crippen LogP contribution in [-0.4, -0.2) is 22.4 Å². The molecule has 0 radical (unpaired) electrons. The van der Waals surface area contributed by atoms with Crippen molar-refractivity contribution in [2.75, 3.05) is 12.4 Å². The molecule has 1 heterocycles. The van der Waals surface area contributed by atoms with Crippen LogP contribution in [-0.2, 0) is 7.05 Å². The quantitative estimate of drug-likeness (QED) is 0.796. The van der Waals surface area contributed by atoms with Crippen molar-refractivity contribution in [3.05, 3.63) is 76.2 Å². The lowest BCUT2D eigenvalue weighted by Crippen LogP contribution is -2.22. The Hall–Kier alpha value is -3.28. The maximum atomic E-state index is 12.8. The lowest BCUT2D eigenvalue weighted by molar-refractivity contribution is 0.102. The number of amides is 1. The van der Waals surface area contributed by atoms with Gasteiger partial charge in [-0.05, 0) is 43.3 Å². The molecule has 0 atom stereocenters. The SMILES string of the molecule is COc1ccc(C(=O)Nc2c(C)n(C)n(-c3ccccc3)c2=O)cc1. The number of hydrogen-bond acceptors (Lipinski definition) is 3. The highest BCUT2D eigenvalue weighted by atomic mass is 16.5. The molecule has 0 aliphatic heterocycles. The van der Waals surface area contributed by atoms with Gasteiger partial charge in [-0.3, -0.25) is 14.3 Å². The number of benzene rings is 2. The van der Waals surface area contributed by atoms with Crippen molar-refractivity contribution in [1.29, 1.82) is 0 Å². The Morgan fingerprint density at radius 2 is 1.68 bits per heavy atom. The highest BCUT2D eigenvalue weighted by Crippen LogP contribution is 2.16. The summed E-state index contributed by atoms with van der Waals surface area (Å²) in [6.45, 7) is 1.80. The summed E-state index contributed by atoms with van der Waals surface area (Å²) in [6.07, 6.45) is 0. The molecule has 6 heteroatoms. The van der Waals surface area contributed by atoms with Gasteiger partial charge < -0.3 is 10.1 Å². The lowest BCUT2D eigenvalue weighted by Gasteiger charge is -2.07. The molecule has 0 aliphatic rings. The van der Waals surface area contributed by atoms with Gasteiger partial charge in [-0.1, -0.05) is 18.2 Å². The second kappa shape index (κ2) is 6.68. The molecule has 2 aromatic carbocycles. The second-order valence-corrected chi connectivity index (χ2v) is 5.62. The van der Waals surface area contributed by atoms with E-state index < -0.39 is 0 Å². The Kier molecular flexibility index (Phi) is 4.43. The fraction of sp³-hybridized carbons (Fsp3) is 0.158. The molecule has 6 nitrogen and oxygen atoms in total. The van der Waals surface area contributed by atoms with E-state index in [0.29, 0.717) is 17.0 Å². The normalized spacial score (nSPS) is 10.5. The van der Waals surface area contributed by atoms with Crippen molar-refractivity contribution >= 4 is 11.6 Å². The zero-order valence-electron chi connectivity index (χ0n) is 14.3. The van der Waals surface area contributed by atoms with Crippen molar-refractivity contribution in [2.24, 2.45) is 7.05 Å². The summed E-state index contributed by atoms with van der Waals surface area (Å²) in [5.74, 6) is 0.326. The number of anilines is 1. The van der Waals surface area contributed by atoms with E-state index in [1.54, 1.807) is 50.0 Å². The predicted octanol–water partition coefficient (Wildman–Crippen LogP) is 2.75. The van der Waals surface area contributed by atoms with Gasteiger partial charge in [-0.2, -0.15) is 0 Å². The van der Waals surface area contributed by atoms with Gasteiger partial charge in [0.2, 0.25) is 0 Å². The summed E-state index contributed by atoms with van der Waals surface area (Å²) in [5.41, 5.74) is 1.87. The van der Waals surface area contributed by atoms with Gasteiger partial charge in [0.25, 0.3) is 11.5 Å². The standard InChI is InChI=1S/C19H19N3O3/c1-13-17(20-18(23)14-9-11-16(25-3)12-10-14)19(24)22(21(13)2)15-7-5-4-6-8-15/h4-12H,1-3H3,(H,20,23). The third-order valence-corrected chi connectivity index (χ3v) is 4.14. The Morgan fingerprint density at radius 3 is 2.28 bits per heavy atom. The van der Waals surface area contributed by atoms with E-state index in [0.717, 1.165) is 5.69 Å². The van der Waals surface area contributed by atoms with Crippen molar-refractivity contribution in [2.45, 2.75) is 6.92 Å². The molecule has 3 aromatic rings. The Labute approximate surface area is 145 Å². The maximum Gasteiger partial charge on any atom is 0.295 e. The molecule has 25 heavy (non-hydrogen) atoms. The van der Waals surface area contributed by atoms with Crippen LogP contribution < -0.4 is 15.6 Å². The van der Waals surface area contributed by atoms with E-state index in [1.165, 1.54) is 4.68 Å². The zero-order valence-corrected chi connectivity index (χ0v) is 14.3. The molecule has 3 rings (SSSR count). The minimum Gasteiger partial charge on any atom is -0.497 e. The first kappa shape index (κ1) is 16.6. The van der Waals surface area contributed by atoms with Gasteiger partial charge in [0.15, 0.2) is 0 Å². The van der Waals surface area contributed by atoms with E-state index in [1.807, 2.05) is 30.3 Å². The number of nitrogens with one attached hydrogen (secondary N) is 1. The number of hydrogen-bond donors (Lipinski definition) is 1. The number of ether oxygens (including phenoxy) is 1. The molecular weight excluding hydrogens is 318 g/mol. The fourth-order valence-electron chi connectivity index (χ4n) is 2.64. The van der Waals surface area contributed by atoms with E-state index in [4.69, 9.17) is 4.74 Å². The fourth-order valence-corrected chi connectivity index (χ4v) is 2.64. The smallest absolute Gasteiger partial charge is 0.295 e. The molecule has 0 fully saturated rings. The number of rotatable bonds is 4. The molecule has 0 spiro atoms. The lowest BCUT2D eigenvalue weighted by atomic mass is 10.2. The first-order valence-corrected chi connectivity index (χ1v) is 7.82. The molecule has 1 aromatic heterocycles. The first-order chi connectivity index (χ1) is 12.0. The predicted molar refractivity (Wildman–Crippen MR) is 96.7 cm³/mol. The summed E-state index contributed by atoms with van der Waals surface area (Å²) in [4.78, 5) is 25.3. The van der Waals surface area contributed by atoms with Gasteiger partial charge in [0, 0.05) is 12.6 Å². The summed E-state index contributed by atoms with van der Waals surface area (Å²) in [7, 11) is 3.35. The van der Waals surface area contributed by atoms with Crippen LogP contribution in [0.15, 0.2) is 59.4 Å². The van der Waals surface area contributed by atoms with E-state index in [2.05, 4.69) is 5.32 Å². The van der Waals surface area contributed by atoms with Crippen LogP contribution in [0.25, 0.3) is 5.69 Å². The summed E-state index contributed by atoms with van der Waals surface area (Å²) >= 11 is 0. The van der Waals surface area contributed by atoms with Crippen molar-refractivity contribution in [1.82, 2.24) is 9.36 Å². The average Bonchev–Trinajstić information content (AvgIpc) is 2.86. The van der Waals surface area contributed by atoms with Gasteiger partial charge >= 0.3 is 0 Å². The van der Waals surface area contributed by atoms with E-state index in [9.17, 15) is 9.59 Å². The molecule has 1 amide bonds. The molecule has 128 valence electrons. The van der Waals surface area contributed by atoms with Crippen molar-refractivity contribution in [3.63, 3.8) is 0 Å². The largest absolute Gasteiger partial charge is 0.497 e. The Bertz CT molecular complexity index is 954. The van der Waals surface area contributed by atoms with Crippen LogP contribution in [0.2, 0.25) is 0 Å². The van der Waals surface area contributed by atoms with E-state index >= 15 is 0 Å². The zero-order chi connectivity index (χ0) is 18.0. The second-order valence-electron chi connectivity index (χ2n) is 5.62. The van der Waals surface area contributed by atoms with Crippen LogP contribution in [0.1, 0.15) is 16.1 Å². The molecular formula is C19H19N3O3. The molecule has 0 unspecified atom stereocenters. The number of carbonyl (C=O) groups is 1. The third-order valence-electron chi connectivity index (χ3n) is 4.14. The van der Waals surface area contributed by atoms with Crippen molar-refractivity contribution < 1.29 is 9.53 Å². The number of methoxy groups -OCH3 is 1. The van der Waals surface area contributed by atoms with E-state index in [-0.39, 0.29) is 17.2 Å². The van der Waals surface area contributed by atoms with Gasteiger partial charge in [-0.25, -0.2) is 4.68 Å². The Morgan fingerprint density at radius 1 is 1.04 bits per heavy atom. The van der Waals surface area contributed by atoms with Gasteiger partial charge in [-0.15, -0.1) is 0 Å². The monoisotopic (exact) mass is 337 g/mol. The minimum atomic E-state index is -0.339. The summed E-state index contributed by atoms with van der Waals surface area (Å²) in [6, 6.07) is 16.0. The average molecular weight is 337 g/mol. The van der Waals surface area contributed by atoms with Gasteiger partial charge in [0.1, 0.15) is 11.4 Å². The number of para-hydroxylation sites is 1. The molecule has 0 aliphatic carbocycles. The first-order valence-electron chi connectivity index (χ1n) is 7.82. The molecule has 0 saturated carbocycles.